The molecule has 1 aliphatic heterocycles. The first kappa shape index (κ1) is 18.6. The van der Waals surface area contributed by atoms with Crippen LogP contribution in [0.2, 0.25) is 0 Å². The van der Waals surface area contributed by atoms with Crippen LogP contribution >= 0.6 is 11.3 Å². The van der Waals surface area contributed by atoms with Crippen molar-refractivity contribution in [2.24, 2.45) is 0 Å². The molecule has 0 spiro atoms. The molecule has 0 saturated heterocycles. The van der Waals surface area contributed by atoms with Gasteiger partial charge in [-0.15, -0.1) is 11.3 Å². The summed E-state index contributed by atoms with van der Waals surface area (Å²) in [6.45, 7) is 0.168. The summed E-state index contributed by atoms with van der Waals surface area (Å²) in [6, 6.07) is 15.7. The fraction of sp³-hybridized carbons (Fsp3) is 0.100. The molecule has 4 aromatic rings. The molecule has 2 aromatic carbocycles. The summed E-state index contributed by atoms with van der Waals surface area (Å²) in [5.74, 6) is 1.72. The highest BCUT2D eigenvalue weighted by atomic mass is 32.2. The van der Waals surface area contributed by atoms with Crippen molar-refractivity contribution < 1.29 is 22.4 Å². The Balaban J connectivity index is 1.50. The molecule has 1 aliphatic rings. The van der Waals surface area contributed by atoms with Gasteiger partial charge in [-0.05, 0) is 41.8 Å². The summed E-state index contributed by atoms with van der Waals surface area (Å²) < 4.78 is 43.7. The number of para-hydroxylation sites is 1. The van der Waals surface area contributed by atoms with E-state index in [4.69, 9.17) is 14.0 Å². The molecule has 0 aliphatic carbocycles. The molecule has 10 heteroatoms. The molecular formula is C20H15N3O5S2. The fourth-order valence-corrected chi connectivity index (χ4v) is 5.56. The molecule has 30 heavy (non-hydrogen) atoms. The third-order valence-corrected chi connectivity index (χ3v) is 7.50. The summed E-state index contributed by atoms with van der Waals surface area (Å²) in [7, 11) is -2.30. The Kier molecular flexibility index (Phi) is 4.44. The van der Waals surface area contributed by atoms with E-state index in [2.05, 4.69) is 10.1 Å². The van der Waals surface area contributed by atoms with Crippen LogP contribution in [0.3, 0.4) is 0 Å². The van der Waals surface area contributed by atoms with Gasteiger partial charge in [0.25, 0.3) is 15.9 Å². The number of aromatic nitrogens is 2. The fourth-order valence-electron chi connectivity index (χ4n) is 3.05. The van der Waals surface area contributed by atoms with Crippen LogP contribution < -0.4 is 13.8 Å². The number of hydrogen-bond acceptors (Lipinski definition) is 8. The van der Waals surface area contributed by atoms with Crippen molar-refractivity contribution in [2.45, 2.75) is 4.90 Å². The highest BCUT2D eigenvalue weighted by Gasteiger charge is 2.28. The van der Waals surface area contributed by atoms with Crippen LogP contribution in [0.5, 0.6) is 11.5 Å². The van der Waals surface area contributed by atoms with E-state index in [1.54, 1.807) is 53.9 Å². The first-order chi connectivity index (χ1) is 14.5. The lowest BCUT2D eigenvalue weighted by Crippen LogP contribution is -2.26. The lowest BCUT2D eigenvalue weighted by molar-refractivity contribution is 0.174. The number of benzene rings is 2. The Morgan fingerprint density at radius 2 is 1.83 bits per heavy atom. The van der Waals surface area contributed by atoms with Crippen molar-refractivity contribution in [1.82, 2.24) is 10.1 Å². The maximum Gasteiger partial charge on any atom is 0.269 e. The summed E-state index contributed by atoms with van der Waals surface area (Å²) in [6.07, 6.45) is 0. The van der Waals surface area contributed by atoms with Gasteiger partial charge in [-0.25, -0.2) is 8.42 Å². The van der Waals surface area contributed by atoms with Crippen LogP contribution in [0.4, 0.5) is 5.69 Å². The monoisotopic (exact) mass is 441 g/mol. The number of fused-ring (bicyclic) bond motifs is 1. The lowest BCUT2D eigenvalue weighted by Gasteiger charge is -2.19. The highest BCUT2D eigenvalue weighted by Crippen LogP contribution is 2.38. The van der Waals surface area contributed by atoms with Crippen LogP contribution in [0.25, 0.3) is 22.2 Å². The Bertz CT molecular complexity index is 1320. The molecule has 0 saturated carbocycles. The standard InChI is InChI=1S/C20H15N3O5S2/c1-23(14-5-3-2-4-6-14)30(24,25)17-9-10-29-18(17)20-21-19(22-28-20)13-7-8-15-16(11-13)27-12-26-15/h2-11H,12H2,1H3. The number of ether oxygens (including phenoxy) is 2. The molecule has 0 unspecified atom stereocenters. The summed E-state index contributed by atoms with van der Waals surface area (Å²) in [4.78, 5) is 4.91. The minimum Gasteiger partial charge on any atom is -0.454 e. The average Bonchev–Trinajstić information content (AvgIpc) is 3.53. The first-order valence-corrected chi connectivity index (χ1v) is 11.2. The third-order valence-electron chi connectivity index (χ3n) is 4.64. The molecule has 0 amide bonds. The average molecular weight is 441 g/mol. The van der Waals surface area contributed by atoms with Gasteiger partial charge in [0.05, 0.1) is 5.69 Å². The van der Waals surface area contributed by atoms with Crippen molar-refractivity contribution >= 4 is 27.0 Å². The second-order valence-electron chi connectivity index (χ2n) is 6.41. The van der Waals surface area contributed by atoms with Gasteiger partial charge in [0.15, 0.2) is 11.5 Å². The van der Waals surface area contributed by atoms with Crippen molar-refractivity contribution in [3.8, 4) is 33.7 Å². The van der Waals surface area contributed by atoms with E-state index in [1.165, 1.54) is 22.7 Å². The zero-order valence-electron chi connectivity index (χ0n) is 15.7. The predicted molar refractivity (Wildman–Crippen MR) is 111 cm³/mol. The zero-order valence-corrected chi connectivity index (χ0v) is 17.3. The Morgan fingerprint density at radius 3 is 2.67 bits per heavy atom. The molecule has 0 radical (unpaired) electrons. The zero-order chi connectivity index (χ0) is 20.7. The second kappa shape index (κ2) is 7.15. The quantitative estimate of drug-likeness (QED) is 0.462. The van der Waals surface area contributed by atoms with Gasteiger partial charge in [0.1, 0.15) is 9.77 Å². The minimum absolute atomic E-state index is 0.111. The largest absolute Gasteiger partial charge is 0.454 e. The molecule has 0 fully saturated rings. The first-order valence-electron chi connectivity index (χ1n) is 8.89. The smallest absolute Gasteiger partial charge is 0.269 e. The summed E-state index contributed by atoms with van der Waals surface area (Å²) >= 11 is 1.22. The molecule has 3 heterocycles. The predicted octanol–water partition coefficient (Wildman–Crippen LogP) is 4.02. The molecule has 8 nitrogen and oxygen atoms in total. The van der Waals surface area contributed by atoms with E-state index in [9.17, 15) is 8.42 Å². The van der Waals surface area contributed by atoms with Crippen LogP contribution in [-0.2, 0) is 10.0 Å². The Labute approximate surface area is 176 Å². The van der Waals surface area contributed by atoms with Gasteiger partial charge >= 0.3 is 0 Å². The number of anilines is 1. The molecule has 0 atom stereocenters. The van der Waals surface area contributed by atoms with Crippen LogP contribution in [0, 0.1) is 0 Å². The van der Waals surface area contributed by atoms with Crippen molar-refractivity contribution in [3.05, 3.63) is 60.0 Å². The topological polar surface area (TPSA) is 94.8 Å². The third kappa shape index (κ3) is 3.10. The minimum atomic E-state index is -3.81. The van der Waals surface area contributed by atoms with Crippen LogP contribution in [-0.4, -0.2) is 32.4 Å². The molecule has 0 N–H and O–H groups in total. The van der Waals surface area contributed by atoms with Crippen LogP contribution in [0.1, 0.15) is 0 Å². The van der Waals surface area contributed by atoms with Gasteiger partial charge < -0.3 is 14.0 Å². The Hall–Kier alpha value is -3.37. The molecule has 2 aromatic heterocycles. The molecular weight excluding hydrogens is 426 g/mol. The summed E-state index contributed by atoms with van der Waals surface area (Å²) in [5, 5.41) is 5.70. The van der Waals surface area contributed by atoms with E-state index >= 15 is 0 Å². The SMILES string of the molecule is CN(c1ccccc1)S(=O)(=O)c1ccsc1-c1nc(-c2ccc3c(c2)OCO3)no1. The maximum atomic E-state index is 13.2. The normalized spacial score (nSPS) is 12.8. The van der Waals surface area contributed by atoms with Crippen molar-refractivity contribution in [3.63, 3.8) is 0 Å². The van der Waals surface area contributed by atoms with E-state index in [-0.39, 0.29) is 17.6 Å². The number of thiophene rings is 1. The van der Waals surface area contributed by atoms with Gasteiger partial charge in [-0.3, -0.25) is 4.31 Å². The summed E-state index contributed by atoms with van der Waals surface area (Å²) in [5.41, 5.74) is 1.23. The number of nitrogens with zero attached hydrogens (tertiary/aromatic N) is 3. The Morgan fingerprint density at radius 1 is 1.03 bits per heavy atom. The van der Waals surface area contributed by atoms with Gasteiger partial charge in [-0.2, -0.15) is 4.98 Å². The van der Waals surface area contributed by atoms with E-state index in [0.29, 0.717) is 33.5 Å². The lowest BCUT2D eigenvalue weighted by atomic mass is 10.2. The van der Waals surface area contributed by atoms with E-state index in [0.717, 1.165) is 0 Å². The van der Waals surface area contributed by atoms with Crippen molar-refractivity contribution in [1.29, 1.82) is 0 Å². The second-order valence-corrected chi connectivity index (χ2v) is 9.27. The maximum absolute atomic E-state index is 13.2. The van der Waals surface area contributed by atoms with Crippen molar-refractivity contribution in [2.75, 3.05) is 18.1 Å². The number of sulfonamides is 1. The molecule has 5 rings (SSSR count). The van der Waals surface area contributed by atoms with Gasteiger partial charge in [-0.1, -0.05) is 23.4 Å². The molecule has 152 valence electrons. The van der Waals surface area contributed by atoms with E-state index < -0.39 is 10.0 Å². The van der Waals surface area contributed by atoms with Gasteiger partial charge in [0.2, 0.25) is 12.6 Å². The van der Waals surface area contributed by atoms with E-state index in [1.807, 2.05) is 6.07 Å². The number of rotatable bonds is 5. The van der Waals surface area contributed by atoms with Crippen LogP contribution in [0.15, 0.2) is 69.4 Å². The highest BCUT2D eigenvalue weighted by molar-refractivity contribution is 7.93. The van der Waals surface area contributed by atoms with Gasteiger partial charge in [0, 0.05) is 12.6 Å². The molecule has 0 bridgehead atoms. The number of hydrogen-bond donors (Lipinski definition) is 0.